The van der Waals surface area contributed by atoms with Gasteiger partial charge in [-0.05, 0) is 12.1 Å². The van der Waals surface area contributed by atoms with E-state index in [1.807, 2.05) is 0 Å². The number of aromatic nitrogens is 2. The van der Waals surface area contributed by atoms with Crippen LogP contribution in [0.4, 0.5) is 4.79 Å². The molecule has 1 fully saturated rings. The molecule has 0 bridgehead atoms. The van der Waals surface area contributed by atoms with E-state index in [4.69, 9.17) is 23.2 Å². The maximum Gasteiger partial charge on any atom is 0.322 e. The first-order chi connectivity index (χ1) is 13.5. The van der Waals surface area contributed by atoms with Crippen molar-refractivity contribution in [2.75, 3.05) is 12.8 Å². The Labute approximate surface area is 175 Å². The zero-order valence-electron chi connectivity index (χ0n) is 15.1. The number of hydrogen-bond donors (Lipinski definition) is 3. The van der Waals surface area contributed by atoms with Crippen LogP contribution in [0.3, 0.4) is 0 Å². The van der Waals surface area contributed by atoms with Gasteiger partial charge in [0, 0.05) is 25.7 Å². The molecule has 0 aliphatic carbocycles. The number of carbonyl (C=O) groups excluding carboxylic acids is 3. The van der Waals surface area contributed by atoms with E-state index >= 15 is 0 Å². The predicted octanol–water partition coefficient (Wildman–Crippen LogP) is 0.595. The topological polar surface area (TPSA) is 139 Å². The van der Waals surface area contributed by atoms with Crippen molar-refractivity contribution in [3.63, 3.8) is 0 Å². The van der Waals surface area contributed by atoms with Crippen LogP contribution in [0.2, 0.25) is 10.0 Å². The van der Waals surface area contributed by atoms with Gasteiger partial charge in [0.15, 0.2) is 15.4 Å². The number of nitrogens with one attached hydrogen (secondary N) is 3. The predicted molar refractivity (Wildman–Crippen MR) is 103 cm³/mol. The van der Waals surface area contributed by atoms with E-state index in [0.29, 0.717) is 0 Å². The van der Waals surface area contributed by atoms with Crippen molar-refractivity contribution in [1.29, 1.82) is 0 Å². The first-order valence-corrected chi connectivity index (χ1v) is 10.7. The van der Waals surface area contributed by atoms with E-state index in [1.54, 1.807) is 13.2 Å². The van der Waals surface area contributed by atoms with Crippen LogP contribution in [0.15, 0.2) is 29.4 Å². The van der Waals surface area contributed by atoms with Crippen molar-refractivity contribution in [2.45, 2.75) is 10.4 Å². The highest BCUT2D eigenvalue weighted by molar-refractivity contribution is 7.90. The fourth-order valence-electron chi connectivity index (χ4n) is 2.91. The molecule has 2 heterocycles. The molecule has 0 spiro atoms. The Kier molecular flexibility index (Phi) is 5.32. The van der Waals surface area contributed by atoms with E-state index < -0.39 is 33.2 Å². The Morgan fingerprint density at radius 3 is 2.34 bits per heavy atom. The minimum atomic E-state index is -3.59. The van der Waals surface area contributed by atoms with Gasteiger partial charge in [-0.3, -0.25) is 14.9 Å². The Morgan fingerprint density at radius 1 is 1.28 bits per heavy atom. The second kappa shape index (κ2) is 7.32. The van der Waals surface area contributed by atoms with Gasteiger partial charge in [-0.15, -0.1) is 0 Å². The second-order valence-corrected chi connectivity index (χ2v) is 9.22. The molecule has 29 heavy (non-hydrogen) atoms. The number of rotatable bonds is 5. The fourth-order valence-corrected chi connectivity index (χ4v) is 4.36. The zero-order valence-corrected chi connectivity index (χ0v) is 17.4. The molecule has 1 atom stereocenters. The lowest BCUT2D eigenvalue weighted by Crippen LogP contribution is -2.54. The zero-order chi connectivity index (χ0) is 21.6. The van der Waals surface area contributed by atoms with Gasteiger partial charge in [-0.25, -0.2) is 18.2 Å². The molecule has 1 saturated heterocycles. The Bertz CT molecular complexity index is 1120. The first kappa shape index (κ1) is 21.1. The summed E-state index contributed by atoms with van der Waals surface area (Å²) in [6, 6.07) is 1.48. The van der Waals surface area contributed by atoms with Crippen LogP contribution in [0, 0.1) is 0 Å². The van der Waals surface area contributed by atoms with Crippen LogP contribution in [0.5, 0.6) is 0 Å². The third kappa shape index (κ3) is 3.80. The van der Waals surface area contributed by atoms with Gasteiger partial charge in [0.05, 0.1) is 27.0 Å². The van der Waals surface area contributed by atoms with Crippen molar-refractivity contribution >= 4 is 50.9 Å². The average Bonchev–Trinajstić information content (AvgIpc) is 3.14. The number of hydrogen-bond acceptors (Lipinski definition) is 6. The van der Waals surface area contributed by atoms with E-state index in [9.17, 15) is 22.8 Å². The number of imidazole rings is 1. The molecule has 3 rings (SSSR count). The van der Waals surface area contributed by atoms with Gasteiger partial charge in [-0.2, -0.15) is 0 Å². The fraction of sp³-hybridized carbons (Fsp3) is 0.250. The summed E-state index contributed by atoms with van der Waals surface area (Å²) in [5, 5.41) is 6.75. The Balaban J connectivity index is 1.92. The van der Waals surface area contributed by atoms with Crippen LogP contribution in [0.1, 0.15) is 16.2 Å². The highest BCUT2D eigenvalue weighted by Crippen LogP contribution is 2.29. The molecule has 1 aromatic heterocycles. The van der Waals surface area contributed by atoms with Gasteiger partial charge in [0.2, 0.25) is 0 Å². The van der Waals surface area contributed by atoms with Crippen LogP contribution in [-0.2, 0) is 27.2 Å². The van der Waals surface area contributed by atoms with Crippen molar-refractivity contribution < 1.29 is 22.8 Å². The number of halogens is 2. The number of nitrogens with zero attached hydrogens (tertiary/aromatic N) is 2. The summed E-state index contributed by atoms with van der Waals surface area (Å²) in [5.74, 6) is -1.25. The molecule has 3 N–H and O–H groups in total. The molecule has 0 saturated carbocycles. The van der Waals surface area contributed by atoms with Gasteiger partial charge in [0.1, 0.15) is 5.82 Å². The maximum atomic E-state index is 12.7. The first-order valence-electron chi connectivity index (χ1n) is 8.04. The molecule has 1 aliphatic heterocycles. The van der Waals surface area contributed by atoms with Crippen LogP contribution in [0.25, 0.3) is 0 Å². The number of amides is 4. The van der Waals surface area contributed by atoms with E-state index in [-0.39, 0.29) is 32.9 Å². The molecular weight excluding hydrogens is 445 g/mol. The summed E-state index contributed by atoms with van der Waals surface area (Å²) in [4.78, 5) is 40.9. The molecular formula is C16H15Cl2N5O5S. The summed E-state index contributed by atoms with van der Waals surface area (Å²) >= 11 is 12.1. The average molecular weight is 460 g/mol. The normalized spacial score (nSPS) is 19.0. The summed E-state index contributed by atoms with van der Waals surface area (Å²) in [5.41, 5.74) is -1.81. The van der Waals surface area contributed by atoms with E-state index in [0.717, 1.165) is 18.4 Å². The maximum absolute atomic E-state index is 12.7. The molecule has 4 amide bonds. The smallest absolute Gasteiger partial charge is 0.322 e. The minimum absolute atomic E-state index is 0.143. The highest BCUT2D eigenvalue weighted by atomic mass is 35.5. The van der Waals surface area contributed by atoms with Gasteiger partial charge >= 0.3 is 6.03 Å². The summed E-state index contributed by atoms with van der Waals surface area (Å²) in [6.07, 6.45) is 4.00. The van der Waals surface area contributed by atoms with Crippen LogP contribution in [-0.4, -0.2) is 48.6 Å². The molecule has 0 radical (unpaired) electrons. The minimum Gasteiger partial charge on any atom is -0.349 e. The highest BCUT2D eigenvalue weighted by Gasteiger charge is 2.51. The number of aryl methyl sites for hydroxylation is 1. The number of urea groups is 1. The van der Waals surface area contributed by atoms with Gasteiger partial charge in [0.25, 0.3) is 11.8 Å². The lowest BCUT2D eigenvalue weighted by Gasteiger charge is -2.26. The van der Waals surface area contributed by atoms with Crippen LogP contribution >= 0.6 is 23.2 Å². The lowest BCUT2D eigenvalue weighted by atomic mass is 9.98. The molecule has 13 heteroatoms. The number of sulfone groups is 1. The molecule has 1 unspecified atom stereocenters. The SMILES string of the molecule is Cn1ccnc1C1(CNC(=O)c2c(Cl)cc(S(C)(=O)=O)cc2Cl)NC(=O)NC1=O. The second-order valence-electron chi connectivity index (χ2n) is 6.39. The van der Waals surface area contributed by atoms with Gasteiger partial charge in [-0.1, -0.05) is 23.2 Å². The van der Waals surface area contributed by atoms with E-state index in [1.165, 1.54) is 10.8 Å². The number of benzene rings is 1. The monoisotopic (exact) mass is 459 g/mol. The van der Waals surface area contributed by atoms with Crippen molar-refractivity contribution in [3.8, 4) is 0 Å². The van der Waals surface area contributed by atoms with Crippen molar-refractivity contribution in [3.05, 3.63) is 46.0 Å². The van der Waals surface area contributed by atoms with Crippen molar-refractivity contribution in [2.24, 2.45) is 7.05 Å². The number of carbonyl (C=O) groups is 3. The molecule has 1 aliphatic rings. The summed E-state index contributed by atoms with van der Waals surface area (Å²) < 4.78 is 24.9. The number of imide groups is 1. The van der Waals surface area contributed by atoms with Crippen LogP contribution < -0.4 is 16.0 Å². The van der Waals surface area contributed by atoms with E-state index in [2.05, 4.69) is 20.9 Å². The molecule has 1 aromatic carbocycles. The largest absolute Gasteiger partial charge is 0.349 e. The Hall–Kier alpha value is -2.63. The van der Waals surface area contributed by atoms with Crippen molar-refractivity contribution in [1.82, 2.24) is 25.5 Å². The molecule has 154 valence electrons. The summed E-state index contributed by atoms with van der Waals surface area (Å²) in [6.45, 7) is -0.352. The van der Waals surface area contributed by atoms with Gasteiger partial charge < -0.3 is 15.2 Å². The standard InChI is InChI=1S/C16H15Cl2N5O5S/c1-23-4-3-19-13(23)16(14(25)21-15(26)22-16)7-20-12(24)11-9(17)5-8(6-10(11)18)29(2,27)28/h3-6H,7H2,1-2H3,(H,20,24)(H2,21,22,25,26). The lowest BCUT2D eigenvalue weighted by molar-refractivity contribution is -0.124. The Morgan fingerprint density at radius 2 is 1.90 bits per heavy atom. The molecule has 2 aromatic rings. The third-order valence-electron chi connectivity index (χ3n) is 4.33. The molecule has 10 nitrogen and oxygen atoms in total. The summed E-state index contributed by atoms with van der Waals surface area (Å²) in [7, 11) is -1.96. The third-order valence-corrected chi connectivity index (χ3v) is 6.02. The quantitative estimate of drug-likeness (QED) is 0.559.